The van der Waals surface area contributed by atoms with Gasteiger partial charge in [0.2, 0.25) is 11.8 Å². The molecule has 1 aliphatic rings. The number of rotatable bonds is 11. The van der Waals surface area contributed by atoms with Crippen molar-refractivity contribution in [3.05, 3.63) is 104 Å². The summed E-state index contributed by atoms with van der Waals surface area (Å²) in [6.07, 6.45) is 0.700. The molecule has 11 nitrogen and oxygen atoms in total. The summed E-state index contributed by atoms with van der Waals surface area (Å²) >= 11 is 10.4. The third-order valence-electron chi connectivity index (χ3n) is 8.15. The molecule has 0 radical (unpaired) electrons. The predicted octanol–water partition coefficient (Wildman–Crippen LogP) is 7.47. The zero-order chi connectivity index (χ0) is 33.0. The number of ether oxygens (including phenoxy) is 3. The van der Waals surface area contributed by atoms with Crippen molar-refractivity contribution in [1.82, 2.24) is 25.4 Å². The van der Waals surface area contributed by atoms with Gasteiger partial charge in [0.1, 0.15) is 35.7 Å². The van der Waals surface area contributed by atoms with Crippen LogP contribution in [0.3, 0.4) is 0 Å². The Labute approximate surface area is 288 Å². The average Bonchev–Trinajstić information content (AvgIpc) is 3.78. The highest BCUT2D eigenvalue weighted by Gasteiger charge is 2.19. The summed E-state index contributed by atoms with van der Waals surface area (Å²) in [5.41, 5.74) is 7.17. The molecule has 0 bridgehead atoms. The van der Waals surface area contributed by atoms with E-state index in [4.69, 9.17) is 34.9 Å². The monoisotopic (exact) mass is 729 g/mol. The van der Waals surface area contributed by atoms with Crippen molar-refractivity contribution in [2.45, 2.75) is 26.7 Å². The minimum Gasteiger partial charge on any atom is -0.488 e. The number of nitrogens with zero attached hydrogens (tertiary/aromatic N) is 5. The van der Waals surface area contributed by atoms with E-state index in [0.717, 1.165) is 50.9 Å². The maximum atomic E-state index is 11.8. The minimum atomic E-state index is 0.190. The number of carbonyl (C=O) groups is 1. The van der Waals surface area contributed by atoms with Gasteiger partial charge in [0.25, 0.3) is 0 Å². The molecule has 0 saturated carbocycles. The number of hydrogen-bond acceptors (Lipinski definition) is 11. The van der Waals surface area contributed by atoms with Gasteiger partial charge in [-0.3, -0.25) is 9.69 Å². The molecule has 13 heteroatoms. The summed E-state index contributed by atoms with van der Waals surface area (Å²) in [4.78, 5) is 14.1. The topological polar surface area (TPSA) is 126 Å². The van der Waals surface area contributed by atoms with Crippen LogP contribution < -0.4 is 9.47 Å². The van der Waals surface area contributed by atoms with Gasteiger partial charge in [-0.25, -0.2) is 4.63 Å². The average molecular weight is 731 g/mol. The summed E-state index contributed by atoms with van der Waals surface area (Å²) < 4.78 is 29.4. The van der Waals surface area contributed by atoms with Crippen molar-refractivity contribution < 1.29 is 28.1 Å². The lowest BCUT2D eigenvalue weighted by atomic mass is 9.95. The van der Waals surface area contributed by atoms with Crippen molar-refractivity contribution in [2.24, 2.45) is 0 Å². The molecule has 1 aliphatic heterocycles. The first-order valence-electron chi connectivity index (χ1n) is 15.2. The number of halogens is 2. The lowest BCUT2D eigenvalue weighted by molar-refractivity contribution is 0.0306. The van der Waals surface area contributed by atoms with Crippen molar-refractivity contribution >= 4 is 44.9 Å². The highest BCUT2D eigenvalue weighted by molar-refractivity contribution is 9.10. The molecule has 1 saturated heterocycles. The van der Waals surface area contributed by atoms with Crippen molar-refractivity contribution in [1.29, 1.82) is 0 Å². The van der Waals surface area contributed by atoms with Crippen LogP contribution in [0.25, 0.3) is 33.6 Å². The van der Waals surface area contributed by atoms with E-state index in [2.05, 4.69) is 47.4 Å². The molecular formula is C35H29BrClN5O6. The molecule has 0 unspecified atom stereocenters. The van der Waals surface area contributed by atoms with Crippen molar-refractivity contribution in [2.75, 3.05) is 26.3 Å². The van der Waals surface area contributed by atoms with Crippen LogP contribution in [0.4, 0.5) is 0 Å². The molecule has 3 heterocycles. The van der Waals surface area contributed by atoms with Gasteiger partial charge < -0.3 is 18.6 Å². The van der Waals surface area contributed by atoms with Crippen molar-refractivity contribution in [3.63, 3.8) is 0 Å². The van der Waals surface area contributed by atoms with E-state index in [1.807, 2.05) is 49.4 Å². The molecule has 2 aromatic heterocycles. The molecule has 7 rings (SSSR count). The quantitative estimate of drug-likeness (QED) is 0.123. The van der Waals surface area contributed by atoms with Crippen LogP contribution in [0.2, 0.25) is 5.02 Å². The second kappa shape index (κ2) is 14.2. The molecule has 244 valence electrons. The zero-order valence-corrected chi connectivity index (χ0v) is 28.2. The molecule has 48 heavy (non-hydrogen) atoms. The molecule has 0 amide bonds. The molecule has 0 spiro atoms. The highest BCUT2D eigenvalue weighted by Crippen LogP contribution is 2.38. The Bertz CT molecular complexity index is 2090. The Kier molecular flexibility index (Phi) is 9.48. The number of aldehydes is 1. The summed E-state index contributed by atoms with van der Waals surface area (Å²) in [6.45, 7) is 6.12. The summed E-state index contributed by atoms with van der Waals surface area (Å²) in [5.74, 6) is 1.79. The maximum absolute atomic E-state index is 11.8. The van der Waals surface area contributed by atoms with Gasteiger partial charge in [0, 0.05) is 34.8 Å². The van der Waals surface area contributed by atoms with Crippen LogP contribution in [-0.4, -0.2) is 58.0 Å². The summed E-state index contributed by atoms with van der Waals surface area (Å²) in [7, 11) is 0. The first-order chi connectivity index (χ1) is 23.5. The van der Waals surface area contributed by atoms with E-state index in [1.54, 1.807) is 12.1 Å². The molecule has 0 aliphatic carbocycles. The molecule has 4 aromatic carbocycles. The molecule has 0 atom stereocenters. The lowest BCUT2D eigenvalue weighted by Gasteiger charge is -2.24. The number of aromatic nitrogens is 4. The van der Waals surface area contributed by atoms with E-state index >= 15 is 0 Å². The van der Waals surface area contributed by atoms with Crippen LogP contribution in [0.15, 0.2) is 80.2 Å². The Hall–Kier alpha value is -4.62. The molecule has 0 N–H and O–H groups in total. The van der Waals surface area contributed by atoms with Crippen LogP contribution in [0.5, 0.6) is 11.5 Å². The third-order valence-corrected chi connectivity index (χ3v) is 9.38. The number of morpholine rings is 1. The van der Waals surface area contributed by atoms with Gasteiger partial charge in [-0.15, -0.1) is 10.2 Å². The van der Waals surface area contributed by atoms with E-state index in [9.17, 15) is 4.79 Å². The van der Waals surface area contributed by atoms with E-state index < -0.39 is 0 Å². The highest BCUT2D eigenvalue weighted by atomic mass is 79.9. The fourth-order valence-corrected chi connectivity index (χ4v) is 6.37. The Morgan fingerprint density at radius 1 is 0.896 bits per heavy atom. The largest absolute Gasteiger partial charge is 0.488 e. The second-order valence-corrected chi connectivity index (χ2v) is 12.4. The maximum Gasteiger partial charge on any atom is 0.248 e. The Balaban J connectivity index is 1.08. The first-order valence-corrected chi connectivity index (χ1v) is 16.4. The first kappa shape index (κ1) is 32.0. The normalized spacial score (nSPS) is 13.6. The number of benzene rings is 4. The van der Waals surface area contributed by atoms with Crippen LogP contribution in [-0.2, 0) is 24.5 Å². The van der Waals surface area contributed by atoms with Gasteiger partial charge >= 0.3 is 0 Å². The lowest BCUT2D eigenvalue weighted by Crippen LogP contribution is -2.35. The summed E-state index contributed by atoms with van der Waals surface area (Å²) in [6, 6.07) is 20.6. The van der Waals surface area contributed by atoms with E-state index in [1.165, 1.54) is 6.07 Å². The zero-order valence-electron chi connectivity index (χ0n) is 25.8. The molecule has 6 aromatic rings. The number of hydrogen-bond donors (Lipinski definition) is 0. The molecule has 1 fully saturated rings. The van der Waals surface area contributed by atoms with Gasteiger partial charge in [-0.2, -0.15) is 0 Å². The van der Waals surface area contributed by atoms with Crippen LogP contribution >= 0.6 is 27.5 Å². The van der Waals surface area contributed by atoms with Gasteiger partial charge in [0.05, 0.1) is 30.3 Å². The summed E-state index contributed by atoms with van der Waals surface area (Å²) in [5, 5.41) is 16.6. The van der Waals surface area contributed by atoms with Crippen molar-refractivity contribution in [3.8, 4) is 34.1 Å². The van der Waals surface area contributed by atoms with Crippen LogP contribution in [0, 0.1) is 6.92 Å². The fraction of sp³-hybridized carbons (Fsp3) is 0.229. The van der Waals surface area contributed by atoms with Crippen LogP contribution in [0.1, 0.15) is 32.9 Å². The Morgan fingerprint density at radius 3 is 2.52 bits per heavy atom. The minimum absolute atomic E-state index is 0.190. The Morgan fingerprint density at radius 2 is 1.67 bits per heavy atom. The SMILES string of the molecule is Cc1c(-c2nnc(CN3CCOCC3)o2)cccc1-c1cccc(COc2cc(OCc3ccc4nonc4c3)c(C=O)cc2Cl)c1Br. The predicted molar refractivity (Wildman–Crippen MR) is 181 cm³/mol. The van der Waals surface area contributed by atoms with E-state index in [-0.39, 0.29) is 13.2 Å². The second-order valence-electron chi connectivity index (χ2n) is 11.2. The standard InChI is InChI=1S/C35H29BrClN5O6/c1-21-25(5-3-6-26(21)35-39-38-33(47-35)17-42-10-12-44-13-11-42)27-7-2-4-23(34(27)36)20-46-32-16-31(24(18-43)15-28(32)37)45-19-22-8-9-29-30(14-22)41-48-40-29/h2-9,14-16,18H,10-13,17,19-20H2,1H3. The van der Waals surface area contributed by atoms with Gasteiger partial charge in [-0.05, 0) is 79.7 Å². The fourth-order valence-electron chi connectivity index (χ4n) is 5.55. The molecular weight excluding hydrogens is 702 g/mol. The van der Waals surface area contributed by atoms with Gasteiger partial charge in [-0.1, -0.05) is 48.0 Å². The third kappa shape index (κ3) is 6.83. The number of carbonyl (C=O) groups excluding carboxylic acids is 1. The number of fused-ring (bicyclic) bond motifs is 1. The smallest absolute Gasteiger partial charge is 0.248 e. The van der Waals surface area contributed by atoms with E-state index in [0.29, 0.717) is 70.9 Å². The van der Waals surface area contributed by atoms with Gasteiger partial charge in [0.15, 0.2) is 6.29 Å².